The molecule has 0 aromatic heterocycles. The Morgan fingerprint density at radius 3 is 2.01 bits per heavy atom. The molecular weight excluding hydrogens is 881 g/mol. The fourth-order valence-electron chi connectivity index (χ4n) is 15.2. The van der Waals surface area contributed by atoms with Crippen molar-refractivity contribution in [2.24, 2.45) is 56.7 Å². The van der Waals surface area contributed by atoms with Gasteiger partial charge in [0.15, 0.2) is 12.6 Å². The van der Waals surface area contributed by atoms with E-state index in [0.29, 0.717) is 32.1 Å². The van der Waals surface area contributed by atoms with E-state index in [2.05, 4.69) is 40.7 Å². The molecule has 8 aliphatic rings. The van der Waals surface area contributed by atoms with Gasteiger partial charge in [0.25, 0.3) is 0 Å². The van der Waals surface area contributed by atoms with Crippen molar-refractivity contribution in [1.29, 1.82) is 0 Å². The third kappa shape index (κ3) is 7.92. The van der Waals surface area contributed by atoms with Gasteiger partial charge in [-0.3, -0.25) is 4.79 Å². The van der Waals surface area contributed by atoms with Crippen LogP contribution in [0.3, 0.4) is 0 Å². The molecule has 4 saturated carbocycles. The van der Waals surface area contributed by atoms with Crippen LogP contribution < -0.4 is 0 Å². The first-order chi connectivity index (χ1) is 31.4. The van der Waals surface area contributed by atoms with Gasteiger partial charge in [-0.15, -0.1) is 0 Å². The van der Waals surface area contributed by atoms with E-state index in [-0.39, 0.29) is 52.4 Å². The summed E-state index contributed by atoms with van der Waals surface area (Å²) in [7, 11) is 0. The lowest BCUT2D eigenvalue weighted by atomic mass is 9.33. The molecule has 67 heavy (non-hydrogen) atoms. The Kier molecular flexibility index (Phi) is 14.4. The molecule has 0 amide bonds. The van der Waals surface area contributed by atoms with Gasteiger partial charge in [0.2, 0.25) is 6.29 Å². The lowest BCUT2D eigenvalue weighted by Crippen LogP contribution is -2.68. The van der Waals surface area contributed by atoms with Crippen LogP contribution >= 0.6 is 0 Å². The van der Waals surface area contributed by atoms with Crippen LogP contribution in [-0.4, -0.2) is 191 Å². The van der Waals surface area contributed by atoms with Crippen LogP contribution in [0.2, 0.25) is 0 Å². The predicted molar refractivity (Wildman–Crippen MR) is 231 cm³/mol. The summed E-state index contributed by atoms with van der Waals surface area (Å²) in [5, 5.41) is 130. The molecule has 0 radical (unpaired) electrons. The Balaban J connectivity index is 0.985. The van der Waals surface area contributed by atoms with E-state index in [9.17, 15) is 61.3 Å². The number of hydrogen-bond acceptors (Lipinski definition) is 19. The Morgan fingerprint density at radius 2 is 1.34 bits per heavy atom. The zero-order valence-electron chi connectivity index (χ0n) is 39.8. The van der Waals surface area contributed by atoms with Crippen LogP contribution in [0.4, 0.5) is 0 Å². The summed E-state index contributed by atoms with van der Waals surface area (Å²) in [4.78, 5) is 15.0. The minimum absolute atomic E-state index is 0.0112. The first kappa shape index (κ1) is 51.9. The standard InChI is InChI=1S/C48H78O19/c1-20-10-13-48(15-14-46(6)23(29(48)21(20)2)8-9-28-44(4)16-24(51)39(60)45(5,19-50)27(44)11-12-47(28,46)7)43(61)67-42-36(58)33(55)31(53)26(65-42)18-62-40-37(59)34(56)38(25(17-49)64-40)66-41-35(57)32(54)30(52)22(3)63-41/h8,20-22,24-42,49-60H,9-19H2,1-7H3/t20?,21?,22?,24?,25?,26?,27-,28-,29+,30?,31?,32?,33?,34?,35?,36?,37?,38?,39?,40?,41-,42?,44-,45-,46+,47+,48-/m0/s1. The maximum Gasteiger partial charge on any atom is 0.315 e. The summed E-state index contributed by atoms with van der Waals surface area (Å²) in [6.45, 7) is 13.0. The third-order valence-corrected chi connectivity index (χ3v) is 19.7. The molecule has 0 bridgehead atoms. The van der Waals surface area contributed by atoms with E-state index in [0.717, 1.165) is 19.3 Å². The second-order valence-electron chi connectivity index (χ2n) is 22.9. The molecular formula is C48H78O19. The quantitative estimate of drug-likeness (QED) is 0.0971. The number of aliphatic hydroxyl groups is 12. The van der Waals surface area contributed by atoms with Crippen molar-refractivity contribution in [2.45, 2.75) is 204 Å². The molecule has 7 fully saturated rings. The molecule has 19 nitrogen and oxygen atoms in total. The minimum atomic E-state index is -1.86. The van der Waals surface area contributed by atoms with Gasteiger partial charge in [-0.2, -0.15) is 0 Å². The average Bonchev–Trinajstić information content (AvgIpc) is 3.29. The van der Waals surface area contributed by atoms with E-state index in [1.165, 1.54) is 12.5 Å². The number of fused-ring (bicyclic) bond motifs is 7. The summed E-state index contributed by atoms with van der Waals surface area (Å²) in [5.74, 6) is -0.386. The molecule has 8 rings (SSSR count). The van der Waals surface area contributed by atoms with Crippen LogP contribution in [0.15, 0.2) is 11.6 Å². The smallest absolute Gasteiger partial charge is 0.315 e. The topological polar surface area (TPSA) is 315 Å². The fourth-order valence-corrected chi connectivity index (χ4v) is 15.2. The highest BCUT2D eigenvalue weighted by Gasteiger charge is 2.71. The first-order valence-corrected chi connectivity index (χ1v) is 24.5. The number of rotatable bonds is 9. The highest BCUT2D eigenvalue weighted by molar-refractivity contribution is 5.79. The SMILES string of the molecule is CC1CC[C@]2(C(=O)OC3OC(COC4OC(CO)C(O[C@@H]5OC(C)C(O)C(O)C5O)C(O)C4O)C(O)C(O)C3O)CC[C@]3(C)C(=CC[C@H]4[C@@]5(C)CC(O)C(O)[C@@](C)(CO)[C@H]5CC[C@]43C)[C@H]2C1C. The lowest BCUT2D eigenvalue weighted by molar-refractivity contribution is -0.361. The average molecular weight is 959 g/mol. The number of aliphatic hydroxyl groups excluding tert-OH is 12. The van der Waals surface area contributed by atoms with Gasteiger partial charge in [-0.1, -0.05) is 53.2 Å². The van der Waals surface area contributed by atoms with Crippen molar-refractivity contribution in [1.82, 2.24) is 0 Å². The van der Waals surface area contributed by atoms with Crippen molar-refractivity contribution >= 4 is 5.97 Å². The van der Waals surface area contributed by atoms with Gasteiger partial charge in [-0.05, 0) is 104 Å². The van der Waals surface area contributed by atoms with Crippen LogP contribution in [-0.2, 0) is 33.2 Å². The molecule has 3 aliphatic heterocycles. The fraction of sp³-hybridized carbons (Fsp3) is 0.938. The summed E-state index contributed by atoms with van der Waals surface area (Å²) in [6, 6.07) is 0. The molecule has 384 valence electrons. The second-order valence-corrected chi connectivity index (χ2v) is 22.9. The number of ether oxygens (including phenoxy) is 6. The zero-order valence-corrected chi connectivity index (χ0v) is 39.8. The van der Waals surface area contributed by atoms with Gasteiger partial charge in [0.1, 0.15) is 67.1 Å². The molecule has 27 atom stereocenters. The van der Waals surface area contributed by atoms with E-state index in [1.54, 1.807) is 0 Å². The number of carbonyl (C=O) groups excluding carboxylic acids is 1. The van der Waals surface area contributed by atoms with Crippen molar-refractivity contribution in [3.05, 3.63) is 11.6 Å². The molecule has 19 heteroatoms. The summed E-state index contributed by atoms with van der Waals surface area (Å²) < 4.78 is 34.7. The largest absolute Gasteiger partial charge is 0.432 e. The van der Waals surface area contributed by atoms with Crippen LogP contribution in [0.5, 0.6) is 0 Å². The van der Waals surface area contributed by atoms with Crippen molar-refractivity contribution in [3.8, 4) is 0 Å². The Hall–Kier alpha value is -1.47. The maximum absolute atomic E-state index is 15.0. The maximum atomic E-state index is 15.0. The van der Waals surface area contributed by atoms with Gasteiger partial charge in [0, 0.05) is 5.41 Å². The van der Waals surface area contributed by atoms with Gasteiger partial charge < -0.3 is 89.7 Å². The van der Waals surface area contributed by atoms with Crippen molar-refractivity contribution in [3.63, 3.8) is 0 Å². The molecule has 0 aromatic carbocycles. The number of allylic oxidation sites excluding steroid dienone is 2. The van der Waals surface area contributed by atoms with Crippen LogP contribution in [0.1, 0.15) is 99.8 Å². The van der Waals surface area contributed by atoms with E-state index >= 15 is 4.79 Å². The van der Waals surface area contributed by atoms with Crippen LogP contribution in [0.25, 0.3) is 0 Å². The molecule has 0 aromatic rings. The molecule has 0 spiro atoms. The highest BCUT2D eigenvalue weighted by atomic mass is 16.8. The van der Waals surface area contributed by atoms with Crippen molar-refractivity contribution < 1.29 is 94.5 Å². The van der Waals surface area contributed by atoms with Crippen molar-refractivity contribution in [2.75, 3.05) is 19.8 Å². The second kappa shape index (κ2) is 18.5. The number of carbonyl (C=O) groups is 1. The lowest BCUT2D eigenvalue weighted by Gasteiger charge is -2.71. The van der Waals surface area contributed by atoms with E-state index in [1.807, 2.05) is 6.92 Å². The van der Waals surface area contributed by atoms with Gasteiger partial charge >= 0.3 is 5.97 Å². The third-order valence-electron chi connectivity index (χ3n) is 19.7. The minimum Gasteiger partial charge on any atom is -0.432 e. The molecule has 12 N–H and O–H groups in total. The monoisotopic (exact) mass is 959 g/mol. The molecule has 5 aliphatic carbocycles. The summed E-state index contributed by atoms with van der Waals surface area (Å²) in [6.07, 6.45) is -18.9. The first-order valence-electron chi connectivity index (χ1n) is 24.5. The van der Waals surface area contributed by atoms with Gasteiger partial charge in [-0.25, -0.2) is 0 Å². The molecule has 3 heterocycles. The van der Waals surface area contributed by atoms with Gasteiger partial charge in [0.05, 0.1) is 43.5 Å². The highest BCUT2D eigenvalue weighted by Crippen LogP contribution is 2.76. The molecule has 18 unspecified atom stereocenters. The Labute approximate surface area is 392 Å². The van der Waals surface area contributed by atoms with Crippen LogP contribution in [0, 0.1) is 56.7 Å². The zero-order chi connectivity index (χ0) is 49.1. The van der Waals surface area contributed by atoms with E-state index in [4.69, 9.17) is 28.4 Å². The molecule has 3 saturated heterocycles. The predicted octanol–water partition coefficient (Wildman–Crippen LogP) is -1.03. The normalized spacial score (nSPS) is 56.7. The Morgan fingerprint density at radius 1 is 0.701 bits per heavy atom. The number of hydrogen-bond donors (Lipinski definition) is 12. The number of esters is 1. The Bertz CT molecular complexity index is 1820. The summed E-state index contributed by atoms with van der Waals surface area (Å²) >= 11 is 0. The summed E-state index contributed by atoms with van der Waals surface area (Å²) in [5.41, 5.74) is -1.64. The van der Waals surface area contributed by atoms with E-state index < -0.39 is 134 Å².